The smallest absolute Gasteiger partial charge is 0.309 e. The zero-order chi connectivity index (χ0) is 10.0. The molecule has 4 nitrogen and oxygen atoms in total. The first-order chi connectivity index (χ1) is 6.06. The van der Waals surface area contributed by atoms with E-state index in [2.05, 4.69) is 20.9 Å². The Bertz CT molecular complexity index is 333. The van der Waals surface area contributed by atoms with E-state index >= 15 is 0 Å². The number of nitrogens with zero attached hydrogens (tertiary/aromatic N) is 2. The van der Waals surface area contributed by atoms with Crippen LogP contribution in [0.2, 0.25) is 0 Å². The molecule has 0 bridgehead atoms. The van der Waals surface area contributed by atoms with Crippen LogP contribution in [0.1, 0.15) is 18.4 Å². The van der Waals surface area contributed by atoms with Crippen LogP contribution in [0.3, 0.4) is 0 Å². The summed E-state index contributed by atoms with van der Waals surface area (Å²) in [6, 6.07) is 0. The Labute approximate surface area is 84.7 Å². The largest absolute Gasteiger partial charge is 0.481 e. The van der Waals surface area contributed by atoms with Crippen molar-refractivity contribution in [2.75, 3.05) is 0 Å². The summed E-state index contributed by atoms with van der Waals surface area (Å²) in [6.07, 6.45) is 0.804. The number of carboxylic acids is 1. The van der Waals surface area contributed by atoms with Crippen molar-refractivity contribution in [3.63, 3.8) is 0 Å². The van der Waals surface area contributed by atoms with Gasteiger partial charge < -0.3 is 9.67 Å². The molecule has 5 heteroatoms. The summed E-state index contributed by atoms with van der Waals surface area (Å²) in [4.78, 5) is 14.7. The van der Waals surface area contributed by atoms with Crippen molar-refractivity contribution in [2.45, 2.75) is 19.8 Å². The highest BCUT2D eigenvalue weighted by Gasteiger charge is 2.13. The minimum absolute atomic E-state index is 0.00405. The topological polar surface area (TPSA) is 55.1 Å². The van der Waals surface area contributed by atoms with Gasteiger partial charge in [0.15, 0.2) is 0 Å². The minimum Gasteiger partial charge on any atom is -0.481 e. The molecule has 13 heavy (non-hydrogen) atoms. The molecule has 0 saturated carbocycles. The highest BCUT2D eigenvalue weighted by atomic mass is 79.9. The van der Waals surface area contributed by atoms with Crippen LogP contribution in [-0.4, -0.2) is 20.6 Å². The molecule has 0 aliphatic carbocycles. The summed E-state index contributed by atoms with van der Waals surface area (Å²) < 4.78 is 2.45. The lowest BCUT2D eigenvalue weighted by Gasteiger charge is -2.01. The molecule has 0 aromatic carbocycles. The Hall–Kier alpha value is -0.840. The van der Waals surface area contributed by atoms with E-state index in [1.807, 2.05) is 18.5 Å². The monoisotopic (exact) mass is 246 g/mol. The van der Waals surface area contributed by atoms with Gasteiger partial charge in [0.1, 0.15) is 10.4 Å². The van der Waals surface area contributed by atoms with Crippen molar-refractivity contribution in [3.8, 4) is 0 Å². The van der Waals surface area contributed by atoms with Crippen molar-refractivity contribution >= 4 is 21.9 Å². The Morgan fingerprint density at radius 2 is 2.31 bits per heavy atom. The average Bonchev–Trinajstić information content (AvgIpc) is 2.31. The molecule has 1 rings (SSSR count). The Balaban J connectivity index is 3.05. The number of carboxylic acid groups (broad SMARTS) is 1. The molecule has 72 valence electrons. The van der Waals surface area contributed by atoms with E-state index in [4.69, 9.17) is 5.11 Å². The summed E-state index contributed by atoms with van der Waals surface area (Å²) in [5, 5.41) is 8.64. The molecule has 0 unspecified atom stereocenters. The second kappa shape index (κ2) is 3.91. The predicted octanol–water partition coefficient (Wildman–Crippen LogP) is 1.37. The SMILES string of the molecule is CCc1nc(Br)c(CC(=O)O)n1C. The Morgan fingerprint density at radius 1 is 1.69 bits per heavy atom. The maximum atomic E-state index is 10.5. The van der Waals surface area contributed by atoms with E-state index in [0.29, 0.717) is 10.3 Å². The van der Waals surface area contributed by atoms with Gasteiger partial charge in [-0.1, -0.05) is 6.92 Å². The number of aromatic nitrogens is 2. The molecule has 0 aliphatic rings. The van der Waals surface area contributed by atoms with Crippen LogP contribution in [-0.2, 0) is 24.7 Å². The zero-order valence-electron chi connectivity index (χ0n) is 7.54. The number of aryl methyl sites for hydroxylation is 1. The van der Waals surface area contributed by atoms with E-state index in [9.17, 15) is 4.79 Å². The number of halogens is 1. The number of hydrogen-bond donors (Lipinski definition) is 1. The molecule has 0 atom stereocenters. The molecular formula is C8H11BrN2O2. The standard InChI is InChI=1S/C8H11BrN2O2/c1-3-6-10-8(9)5(11(6)2)4-7(12)13/h3-4H2,1-2H3,(H,12,13). The Kier molecular flexibility index (Phi) is 3.08. The molecule has 0 saturated heterocycles. The second-order valence-electron chi connectivity index (χ2n) is 2.75. The van der Waals surface area contributed by atoms with Gasteiger partial charge in [0, 0.05) is 13.5 Å². The van der Waals surface area contributed by atoms with Gasteiger partial charge in [-0.15, -0.1) is 0 Å². The normalized spacial score (nSPS) is 10.4. The first kappa shape index (κ1) is 10.2. The van der Waals surface area contributed by atoms with Gasteiger partial charge >= 0.3 is 5.97 Å². The van der Waals surface area contributed by atoms with Crippen LogP contribution in [0, 0.1) is 0 Å². The van der Waals surface area contributed by atoms with Gasteiger partial charge in [0.25, 0.3) is 0 Å². The van der Waals surface area contributed by atoms with Crippen LogP contribution in [0.25, 0.3) is 0 Å². The van der Waals surface area contributed by atoms with E-state index < -0.39 is 5.97 Å². The summed E-state index contributed by atoms with van der Waals surface area (Å²) in [5.74, 6) is 0.0504. The molecule has 0 fully saturated rings. The lowest BCUT2D eigenvalue weighted by Crippen LogP contribution is -2.07. The highest BCUT2D eigenvalue weighted by Crippen LogP contribution is 2.17. The molecule has 1 N–H and O–H groups in total. The average molecular weight is 247 g/mol. The van der Waals surface area contributed by atoms with Gasteiger partial charge in [0.05, 0.1) is 12.1 Å². The molecule has 1 aromatic heterocycles. The van der Waals surface area contributed by atoms with Crippen LogP contribution in [0.4, 0.5) is 0 Å². The minimum atomic E-state index is -0.841. The molecular weight excluding hydrogens is 236 g/mol. The summed E-state index contributed by atoms with van der Waals surface area (Å²) in [5.41, 5.74) is 0.712. The summed E-state index contributed by atoms with van der Waals surface area (Å²) >= 11 is 3.24. The van der Waals surface area contributed by atoms with Crippen LogP contribution < -0.4 is 0 Å². The van der Waals surface area contributed by atoms with E-state index in [0.717, 1.165) is 12.2 Å². The van der Waals surface area contributed by atoms with Gasteiger partial charge in [-0.25, -0.2) is 4.98 Å². The van der Waals surface area contributed by atoms with Crippen molar-refractivity contribution in [1.82, 2.24) is 9.55 Å². The first-order valence-corrected chi connectivity index (χ1v) is 4.77. The Morgan fingerprint density at radius 3 is 2.69 bits per heavy atom. The number of rotatable bonds is 3. The summed E-state index contributed by atoms with van der Waals surface area (Å²) in [6.45, 7) is 1.99. The van der Waals surface area contributed by atoms with Gasteiger partial charge in [-0.2, -0.15) is 0 Å². The number of hydrogen-bond acceptors (Lipinski definition) is 2. The van der Waals surface area contributed by atoms with E-state index in [-0.39, 0.29) is 6.42 Å². The number of carbonyl (C=O) groups is 1. The lowest BCUT2D eigenvalue weighted by atomic mass is 10.3. The van der Waals surface area contributed by atoms with Crippen molar-refractivity contribution < 1.29 is 9.90 Å². The first-order valence-electron chi connectivity index (χ1n) is 3.98. The zero-order valence-corrected chi connectivity index (χ0v) is 9.13. The van der Waals surface area contributed by atoms with Gasteiger partial charge in [-0.05, 0) is 15.9 Å². The quantitative estimate of drug-likeness (QED) is 0.877. The maximum absolute atomic E-state index is 10.5. The van der Waals surface area contributed by atoms with Crippen LogP contribution in [0.15, 0.2) is 4.60 Å². The van der Waals surface area contributed by atoms with Crippen molar-refractivity contribution in [2.24, 2.45) is 7.05 Å². The van der Waals surface area contributed by atoms with Crippen LogP contribution in [0.5, 0.6) is 0 Å². The predicted molar refractivity (Wildman–Crippen MR) is 51.6 cm³/mol. The molecule has 0 spiro atoms. The second-order valence-corrected chi connectivity index (χ2v) is 3.50. The van der Waals surface area contributed by atoms with E-state index in [1.165, 1.54) is 0 Å². The third kappa shape index (κ3) is 2.09. The molecule has 1 heterocycles. The van der Waals surface area contributed by atoms with Crippen molar-refractivity contribution in [3.05, 3.63) is 16.1 Å². The summed E-state index contributed by atoms with van der Waals surface area (Å²) in [7, 11) is 1.83. The molecule has 1 aromatic rings. The molecule has 0 aliphatic heterocycles. The molecule has 0 radical (unpaired) electrons. The fraction of sp³-hybridized carbons (Fsp3) is 0.500. The lowest BCUT2D eigenvalue weighted by molar-refractivity contribution is -0.136. The van der Waals surface area contributed by atoms with Crippen molar-refractivity contribution in [1.29, 1.82) is 0 Å². The number of imidazole rings is 1. The third-order valence-electron chi connectivity index (χ3n) is 1.89. The van der Waals surface area contributed by atoms with Crippen LogP contribution >= 0.6 is 15.9 Å². The number of aliphatic carboxylic acids is 1. The maximum Gasteiger partial charge on any atom is 0.309 e. The third-order valence-corrected chi connectivity index (χ3v) is 2.53. The fourth-order valence-electron chi connectivity index (χ4n) is 1.20. The molecule has 0 amide bonds. The van der Waals surface area contributed by atoms with Gasteiger partial charge in [-0.3, -0.25) is 4.79 Å². The van der Waals surface area contributed by atoms with Gasteiger partial charge in [0.2, 0.25) is 0 Å². The van der Waals surface area contributed by atoms with E-state index in [1.54, 1.807) is 0 Å². The highest BCUT2D eigenvalue weighted by molar-refractivity contribution is 9.10. The fourth-order valence-corrected chi connectivity index (χ4v) is 1.81.